The van der Waals surface area contributed by atoms with Crippen LogP contribution >= 0.6 is 0 Å². The van der Waals surface area contributed by atoms with Gasteiger partial charge in [-0.25, -0.2) is 4.98 Å². The topological polar surface area (TPSA) is 50.1 Å². The Labute approximate surface area is 83.7 Å². The van der Waals surface area contributed by atoms with Crippen LogP contribution in [0.3, 0.4) is 0 Å². The van der Waals surface area contributed by atoms with Crippen LogP contribution in [0.15, 0.2) is 0 Å². The third kappa shape index (κ3) is 1.72. The number of halogens is 3. The number of aromatic nitrogens is 2. The number of imidazole rings is 1. The van der Waals surface area contributed by atoms with Gasteiger partial charge in [-0.1, -0.05) is 0 Å². The summed E-state index contributed by atoms with van der Waals surface area (Å²) in [4.78, 5) is 3.43. The van der Waals surface area contributed by atoms with Gasteiger partial charge in [-0.05, 0) is 0 Å². The average Bonchev–Trinajstić information content (AvgIpc) is 2.55. The van der Waals surface area contributed by atoms with Crippen LogP contribution in [0.5, 0.6) is 0 Å². The van der Waals surface area contributed by atoms with Gasteiger partial charge in [-0.2, -0.15) is 13.2 Å². The second kappa shape index (κ2) is 3.49. The molecule has 15 heavy (non-hydrogen) atoms. The molecule has 7 heteroatoms. The van der Waals surface area contributed by atoms with E-state index in [1.165, 1.54) is 0 Å². The molecule has 0 aliphatic carbocycles. The highest BCUT2D eigenvalue weighted by Crippen LogP contribution is 2.31. The van der Waals surface area contributed by atoms with Crippen molar-refractivity contribution in [3.8, 4) is 0 Å². The van der Waals surface area contributed by atoms with Gasteiger partial charge in [0.25, 0.3) is 0 Å². The minimum atomic E-state index is -4.46. The summed E-state index contributed by atoms with van der Waals surface area (Å²) in [5.74, 6) is -0.914. The average molecular weight is 221 g/mol. The molecule has 0 unspecified atom stereocenters. The summed E-state index contributed by atoms with van der Waals surface area (Å²) in [5, 5.41) is 11.8. The first kappa shape index (κ1) is 10.4. The minimum Gasteiger partial charge on any atom is -0.390 e. The molecule has 1 aliphatic heterocycles. The van der Waals surface area contributed by atoms with Crippen molar-refractivity contribution in [3.05, 3.63) is 17.2 Å². The molecule has 0 saturated heterocycles. The third-order valence-electron chi connectivity index (χ3n) is 2.36. The zero-order chi connectivity index (χ0) is 11.1. The molecule has 4 nitrogen and oxygen atoms in total. The largest absolute Gasteiger partial charge is 0.449 e. The fourth-order valence-corrected chi connectivity index (χ4v) is 1.72. The number of rotatable bonds is 1. The molecule has 0 amide bonds. The maximum absolute atomic E-state index is 12.5. The van der Waals surface area contributed by atoms with Gasteiger partial charge in [0.05, 0.1) is 18.0 Å². The lowest BCUT2D eigenvalue weighted by atomic mass is 10.3. The van der Waals surface area contributed by atoms with Crippen molar-refractivity contribution in [1.82, 2.24) is 14.9 Å². The second-order valence-electron chi connectivity index (χ2n) is 3.31. The van der Waals surface area contributed by atoms with Crippen LogP contribution in [0.1, 0.15) is 17.2 Å². The predicted octanol–water partition coefficient (Wildman–Crippen LogP) is 0.497. The van der Waals surface area contributed by atoms with Gasteiger partial charge in [0.2, 0.25) is 5.82 Å². The van der Waals surface area contributed by atoms with E-state index in [1.807, 2.05) is 0 Å². The fourth-order valence-electron chi connectivity index (χ4n) is 1.72. The van der Waals surface area contributed by atoms with Gasteiger partial charge in [-0.3, -0.25) is 0 Å². The quantitative estimate of drug-likeness (QED) is 0.726. The third-order valence-corrected chi connectivity index (χ3v) is 2.36. The molecule has 0 radical (unpaired) electrons. The van der Waals surface area contributed by atoms with E-state index in [2.05, 4.69) is 10.3 Å². The number of fused-ring (bicyclic) bond motifs is 1. The van der Waals surface area contributed by atoms with Gasteiger partial charge in [0, 0.05) is 19.6 Å². The van der Waals surface area contributed by atoms with E-state index in [9.17, 15) is 13.2 Å². The Kier molecular flexibility index (Phi) is 2.43. The molecule has 1 aromatic rings. The number of hydrogen-bond donors (Lipinski definition) is 2. The second-order valence-corrected chi connectivity index (χ2v) is 3.31. The normalized spacial score (nSPS) is 16.5. The molecule has 0 bridgehead atoms. The van der Waals surface area contributed by atoms with E-state index in [4.69, 9.17) is 5.11 Å². The summed E-state index contributed by atoms with van der Waals surface area (Å²) in [6.45, 7) is 0.570. The van der Waals surface area contributed by atoms with Gasteiger partial charge in [-0.15, -0.1) is 0 Å². The first-order valence-electron chi connectivity index (χ1n) is 4.51. The molecule has 1 aliphatic rings. The molecule has 2 rings (SSSR count). The number of nitrogens with one attached hydrogen (secondary N) is 1. The summed E-state index contributed by atoms with van der Waals surface area (Å²) in [6.07, 6.45) is -4.46. The lowest BCUT2D eigenvalue weighted by Crippen LogP contribution is -2.30. The van der Waals surface area contributed by atoms with Crippen LogP contribution in [-0.4, -0.2) is 21.2 Å². The summed E-state index contributed by atoms with van der Waals surface area (Å²) in [5.41, 5.74) is 0.533. The first-order valence-corrected chi connectivity index (χ1v) is 4.51. The van der Waals surface area contributed by atoms with E-state index < -0.39 is 18.6 Å². The molecule has 0 spiro atoms. The Bertz CT molecular complexity index is 372. The molecule has 1 aromatic heterocycles. The zero-order valence-corrected chi connectivity index (χ0v) is 7.80. The highest BCUT2D eigenvalue weighted by molar-refractivity contribution is 5.19. The van der Waals surface area contributed by atoms with Crippen molar-refractivity contribution in [2.75, 3.05) is 6.54 Å². The van der Waals surface area contributed by atoms with E-state index >= 15 is 0 Å². The number of aliphatic hydroxyl groups excluding tert-OH is 1. The van der Waals surface area contributed by atoms with Crippen molar-refractivity contribution >= 4 is 0 Å². The van der Waals surface area contributed by atoms with E-state index in [-0.39, 0.29) is 12.2 Å². The van der Waals surface area contributed by atoms with Gasteiger partial charge in [0.1, 0.15) is 0 Å². The SMILES string of the molecule is OCc1nc(C(F)(F)F)n2c1CNCC2. The van der Waals surface area contributed by atoms with Gasteiger partial charge in [0.15, 0.2) is 0 Å². The van der Waals surface area contributed by atoms with Crippen LogP contribution in [0, 0.1) is 0 Å². The molecular formula is C8H10F3N3O. The minimum absolute atomic E-state index is 0.106. The lowest BCUT2D eigenvalue weighted by Gasteiger charge is -2.19. The number of alkyl halides is 3. The summed E-state index contributed by atoms with van der Waals surface area (Å²) in [7, 11) is 0. The molecule has 0 fully saturated rings. The van der Waals surface area contributed by atoms with Crippen LogP contribution in [0.25, 0.3) is 0 Å². The number of nitrogens with zero attached hydrogens (tertiary/aromatic N) is 2. The van der Waals surface area contributed by atoms with Crippen LogP contribution in [0.2, 0.25) is 0 Å². The highest BCUT2D eigenvalue weighted by atomic mass is 19.4. The number of aliphatic hydroxyl groups is 1. The standard InChI is InChI=1S/C8H10F3N3O/c9-8(10,11)7-13-5(4-15)6-3-12-1-2-14(6)7/h12,15H,1-4H2. The molecule has 0 saturated carbocycles. The molecule has 2 heterocycles. The van der Waals surface area contributed by atoms with E-state index in [1.54, 1.807) is 0 Å². The Morgan fingerprint density at radius 2 is 2.20 bits per heavy atom. The Morgan fingerprint density at radius 1 is 1.47 bits per heavy atom. The van der Waals surface area contributed by atoms with Crippen molar-refractivity contribution < 1.29 is 18.3 Å². The molecule has 84 valence electrons. The van der Waals surface area contributed by atoms with Crippen molar-refractivity contribution in [3.63, 3.8) is 0 Å². The summed E-state index contributed by atoms with van der Waals surface area (Å²) in [6, 6.07) is 0. The van der Waals surface area contributed by atoms with Gasteiger partial charge >= 0.3 is 6.18 Å². The van der Waals surface area contributed by atoms with Crippen LogP contribution < -0.4 is 5.32 Å². The monoisotopic (exact) mass is 221 g/mol. The number of hydrogen-bond acceptors (Lipinski definition) is 3. The predicted molar refractivity (Wildman–Crippen MR) is 44.9 cm³/mol. The summed E-state index contributed by atoms with van der Waals surface area (Å²) < 4.78 is 38.7. The van der Waals surface area contributed by atoms with E-state index in [0.29, 0.717) is 18.8 Å². The highest BCUT2D eigenvalue weighted by Gasteiger charge is 2.39. The molecule has 2 N–H and O–H groups in total. The smallest absolute Gasteiger partial charge is 0.390 e. The van der Waals surface area contributed by atoms with Crippen molar-refractivity contribution in [2.45, 2.75) is 25.9 Å². The maximum atomic E-state index is 12.5. The molecule has 0 atom stereocenters. The Hall–Kier alpha value is -1.08. The maximum Gasteiger partial charge on any atom is 0.449 e. The van der Waals surface area contributed by atoms with Gasteiger partial charge < -0.3 is 15.0 Å². The zero-order valence-electron chi connectivity index (χ0n) is 7.80. The first-order chi connectivity index (χ1) is 7.04. The van der Waals surface area contributed by atoms with Crippen molar-refractivity contribution in [2.24, 2.45) is 0 Å². The fraction of sp³-hybridized carbons (Fsp3) is 0.625. The lowest BCUT2D eigenvalue weighted by molar-refractivity contribution is -0.147. The molecule has 0 aromatic carbocycles. The van der Waals surface area contributed by atoms with Crippen LogP contribution in [-0.2, 0) is 25.9 Å². The Morgan fingerprint density at radius 3 is 2.80 bits per heavy atom. The van der Waals surface area contributed by atoms with E-state index in [0.717, 1.165) is 4.57 Å². The summed E-state index contributed by atoms with van der Waals surface area (Å²) >= 11 is 0. The Balaban J connectivity index is 2.52. The molecular weight excluding hydrogens is 211 g/mol. The van der Waals surface area contributed by atoms with Crippen molar-refractivity contribution in [1.29, 1.82) is 0 Å². The van der Waals surface area contributed by atoms with Crippen LogP contribution in [0.4, 0.5) is 13.2 Å².